The molecule has 1 aromatic carbocycles. The number of benzene rings is 1. The van der Waals surface area contributed by atoms with Gasteiger partial charge in [-0.3, -0.25) is 14.6 Å². The van der Waals surface area contributed by atoms with Crippen molar-refractivity contribution in [1.82, 2.24) is 14.9 Å². The van der Waals surface area contributed by atoms with Gasteiger partial charge in [0.05, 0.1) is 24.7 Å². The number of aromatic amines is 1. The van der Waals surface area contributed by atoms with Gasteiger partial charge in [0.15, 0.2) is 0 Å². The number of carbonyl (C=O) groups is 1. The normalized spacial score (nSPS) is 10.9. The molecule has 0 saturated heterocycles. The number of methoxy groups -OCH3 is 1. The molecule has 0 unspecified atom stereocenters. The lowest BCUT2D eigenvalue weighted by Crippen LogP contribution is -2.38. The molecular weight excluding hydrogens is 330 g/mol. The number of amides is 1. The van der Waals surface area contributed by atoms with E-state index < -0.39 is 0 Å². The summed E-state index contributed by atoms with van der Waals surface area (Å²) in [4.78, 5) is 33.8. The molecule has 6 nitrogen and oxygen atoms in total. The molecule has 1 N–H and O–H groups in total. The van der Waals surface area contributed by atoms with Crippen molar-refractivity contribution in [3.8, 4) is 5.75 Å². The maximum Gasteiger partial charge on any atom is 0.255 e. The molecule has 0 aliphatic rings. The van der Waals surface area contributed by atoms with E-state index >= 15 is 0 Å². The van der Waals surface area contributed by atoms with Crippen molar-refractivity contribution in [1.29, 1.82) is 0 Å². The molecule has 3 rings (SSSR count). The Morgan fingerprint density at radius 2 is 2.08 bits per heavy atom. The quantitative estimate of drug-likeness (QED) is 0.767. The first-order chi connectivity index (χ1) is 12.5. The molecule has 26 heavy (non-hydrogen) atoms. The average Bonchev–Trinajstić information content (AvgIpc) is 2.65. The zero-order valence-electron chi connectivity index (χ0n) is 15.0. The number of nitrogens with zero attached hydrogens (tertiary/aromatic N) is 2. The van der Waals surface area contributed by atoms with Crippen molar-refractivity contribution in [3.63, 3.8) is 0 Å². The third kappa shape index (κ3) is 3.59. The van der Waals surface area contributed by atoms with E-state index in [-0.39, 0.29) is 24.1 Å². The van der Waals surface area contributed by atoms with Crippen molar-refractivity contribution in [2.75, 3.05) is 7.11 Å². The van der Waals surface area contributed by atoms with Gasteiger partial charge in [-0.2, -0.15) is 0 Å². The van der Waals surface area contributed by atoms with E-state index in [0.29, 0.717) is 22.4 Å². The summed E-state index contributed by atoms with van der Waals surface area (Å²) in [7, 11) is 1.58. The lowest BCUT2D eigenvalue weighted by molar-refractivity contribution is 0.0689. The van der Waals surface area contributed by atoms with Crippen LogP contribution in [0, 0.1) is 0 Å². The Morgan fingerprint density at radius 3 is 2.73 bits per heavy atom. The van der Waals surface area contributed by atoms with E-state index in [1.807, 2.05) is 32.0 Å². The Morgan fingerprint density at radius 1 is 1.27 bits per heavy atom. The number of hydrogen-bond donors (Lipinski definition) is 1. The van der Waals surface area contributed by atoms with Crippen LogP contribution in [-0.2, 0) is 6.54 Å². The first-order valence-corrected chi connectivity index (χ1v) is 8.40. The van der Waals surface area contributed by atoms with Crippen LogP contribution in [0.25, 0.3) is 10.9 Å². The Bertz CT molecular complexity index is 981. The highest BCUT2D eigenvalue weighted by atomic mass is 16.5. The number of aromatic nitrogens is 2. The molecule has 0 fully saturated rings. The summed E-state index contributed by atoms with van der Waals surface area (Å²) in [6.07, 6.45) is 3.16. The highest BCUT2D eigenvalue weighted by Gasteiger charge is 2.20. The number of ether oxygens (including phenoxy) is 1. The molecule has 0 bridgehead atoms. The maximum atomic E-state index is 12.8. The molecule has 2 heterocycles. The fourth-order valence-corrected chi connectivity index (χ4v) is 2.80. The van der Waals surface area contributed by atoms with E-state index in [4.69, 9.17) is 4.74 Å². The van der Waals surface area contributed by atoms with E-state index in [1.165, 1.54) is 6.20 Å². The van der Waals surface area contributed by atoms with Gasteiger partial charge >= 0.3 is 0 Å². The third-order valence-corrected chi connectivity index (χ3v) is 4.26. The zero-order valence-corrected chi connectivity index (χ0v) is 15.0. The fraction of sp³-hybridized carbons (Fsp3) is 0.250. The summed E-state index contributed by atoms with van der Waals surface area (Å²) in [5, 5.41) is 0.887. The minimum Gasteiger partial charge on any atom is -0.497 e. The molecule has 134 valence electrons. The molecule has 0 aliphatic heterocycles. The molecule has 0 aliphatic carbocycles. The Hall–Kier alpha value is -3.15. The summed E-state index contributed by atoms with van der Waals surface area (Å²) in [5.74, 6) is 0.527. The van der Waals surface area contributed by atoms with Crippen LogP contribution in [0.3, 0.4) is 0 Å². The fourth-order valence-electron chi connectivity index (χ4n) is 2.80. The standard InChI is InChI=1S/C20H21N3O3/c1-13(2)23(20(25)15-5-4-8-21-11-15)12-16-9-14-6-7-17(26-3)10-18(14)22-19(16)24/h4-11,13H,12H2,1-3H3,(H,22,24). The third-order valence-electron chi connectivity index (χ3n) is 4.26. The molecule has 6 heteroatoms. The number of hydrogen-bond acceptors (Lipinski definition) is 4. The summed E-state index contributed by atoms with van der Waals surface area (Å²) < 4.78 is 5.19. The lowest BCUT2D eigenvalue weighted by atomic mass is 10.1. The topological polar surface area (TPSA) is 75.3 Å². The number of fused-ring (bicyclic) bond motifs is 1. The van der Waals surface area contributed by atoms with Crippen molar-refractivity contribution in [3.05, 3.63) is 70.3 Å². The molecule has 1 amide bonds. The van der Waals surface area contributed by atoms with Gasteiger partial charge in [-0.05, 0) is 49.6 Å². The van der Waals surface area contributed by atoms with Gasteiger partial charge in [-0.25, -0.2) is 0 Å². The van der Waals surface area contributed by atoms with Crippen molar-refractivity contribution in [2.24, 2.45) is 0 Å². The van der Waals surface area contributed by atoms with E-state index in [9.17, 15) is 9.59 Å². The SMILES string of the molecule is COc1ccc2cc(CN(C(=O)c3cccnc3)C(C)C)c(=O)[nH]c2c1. The first kappa shape index (κ1) is 17.7. The van der Waals surface area contributed by atoms with E-state index in [0.717, 1.165) is 5.39 Å². The number of pyridine rings is 2. The Kier molecular flexibility index (Phi) is 5.02. The molecule has 0 atom stereocenters. The van der Waals surface area contributed by atoms with Crippen LogP contribution < -0.4 is 10.3 Å². The summed E-state index contributed by atoms with van der Waals surface area (Å²) in [5.41, 5.74) is 1.53. The predicted octanol–water partition coefficient (Wildman–Crippen LogP) is 2.98. The minimum atomic E-state index is -0.213. The number of rotatable bonds is 5. The van der Waals surface area contributed by atoms with Crippen LogP contribution in [-0.4, -0.2) is 33.9 Å². The monoisotopic (exact) mass is 351 g/mol. The minimum absolute atomic E-state index is 0.0614. The summed E-state index contributed by atoms with van der Waals surface area (Å²) >= 11 is 0. The Balaban J connectivity index is 1.95. The largest absolute Gasteiger partial charge is 0.497 e. The molecule has 0 saturated carbocycles. The molecular formula is C20H21N3O3. The van der Waals surface area contributed by atoms with Crippen LogP contribution in [0.15, 0.2) is 53.6 Å². The number of carbonyl (C=O) groups excluding carboxylic acids is 1. The summed E-state index contributed by atoms with van der Waals surface area (Å²) in [6.45, 7) is 4.07. The van der Waals surface area contributed by atoms with Crippen molar-refractivity contribution < 1.29 is 9.53 Å². The van der Waals surface area contributed by atoms with Gasteiger partial charge < -0.3 is 14.6 Å². The second-order valence-electron chi connectivity index (χ2n) is 6.35. The van der Waals surface area contributed by atoms with E-state index in [2.05, 4.69) is 9.97 Å². The smallest absolute Gasteiger partial charge is 0.255 e. The molecule has 0 radical (unpaired) electrons. The van der Waals surface area contributed by atoms with Crippen LogP contribution in [0.5, 0.6) is 5.75 Å². The molecule has 2 aromatic heterocycles. The van der Waals surface area contributed by atoms with Gasteiger partial charge in [0, 0.05) is 30.1 Å². The maximum absolute atomic E-state index is 12.8. The lowest BCUT2D eigenvalue weighted by Gasteiger charge is -2.26. The van der Waals surface area contributed by atoms with Gasteiger partial charge in [0.25, 0.3) is 11.5 Å². The zero-order chi connectivity index (χ0) is 18.7. The van der Waals surface area contributed by atoms with Gasteiger partial charge in [-0.1, -0.05) is 0 Å². The van der Waals surface area contributed by atoms with Crippen LogP contribution in [0.4, 0.5) is 0 Å². The van der Waals surface area contributed by atoms with Gasteiger partial charge in [-0.15, -0.1) is 0 Å². The number of nitrogens with one attached hydrogen (secondary N) is 1. The van der Waals surface area contributed by atoms with Crippen LogP contribution in [0.1, 0.15) is 29.8 Å². The molecule has 3 aromatic rings. The van der Waals surface area contributed by atoms with Crippen LogP contribution >= 0.6 is 0 Å². The second kappa shape index (κ2) is 7.39. The number of H-pyrrole nitrogens is 1. The van der Waals surface area contributed by atoms with Gasteiger partial charge in [0.1, 0.15) is 5.75 Å². The Labute approximate surface area is 151 Å². The van der Waals surface area contributed by atoms with Crippen molar-refractivity contribution in [2.45, 2.75) is 26.4 Å². The van der Waals surface area contributed by atoms with Crippen molar-refractivity contribution >= 4 is 16.8 Å². The average molecular weight is 351 g/mol. The summed E-state index contributed by atoms with van der Waals surface area (Å²) in [6, 6.07) is 10.7. The van der Waals surface area contributed by atoms with Crippen LogP contribution in [0.2, 0.25) is 0 Å². The highest BCUT2D eigenvalue weighted by molar-refractivity contribution is 5.94. The predicted molar refractivity (Wildman–Crippen MR) is 100 cm³/mol. The van der Waals surface area contributed by atoms with Gasteiger partial charge in [0.2, 0.25) is 0 Å². The first-order valence-electron chi connectivity index (χ1n) is 8.40. The second-order valence-corrected chi connectivity index (χ2v) is 6.35. The highest BCUT2D eigenvalue weighted by Crippen LogP contribution is 2.19. The van der Waals surface area contributed by atoms with E-state index in [1.54, 1.807) is 36.4 Å². The molecule has 0 spiro atoms.